The lowest BCUT2D eigenvalue weighted by Crippen LogP contribution is -2.30. The number of aromatic nitrogens is 4. The summed E-state index contributed by atoms with van der Waals surface area (Å²) in [4.78, 5) is 15.9. The summed E-state index contributed by atoms with van der Waals surface area (Å²) in [6, 6.07) is 10.4. The van der Waals surface area contributed by atoms with Gasteiger partial charge in [0.15, 0.2) is 0 Å². The van der Waals surface area contributed by atoms with Crippen LogP contribution in [0.3, 0.4) is 0 Å². The average molecular weight is 350 g/mol. The van der Waals surface area contributed by atoms with Crippen LogP contribution in [-0.4, -0.2) is 39.2 Å². The smallest absolute Gasteiger partial charge is 0.134 e. The predicted octanol–water partition coefficient (Wildman–Crippen LogP) is 3.40. The standard InChI is InChI=1S/C20H26N6/c1-25-17-9-4-3-8-16(17)24-19(25)10-7-11-21-18-14-20(23-15-22-18)26-12-5-2-6-13-26/h3-4,8-9,14-15H,2,5-7,10-13H2,1H3,(H,21,22,23). The molecule has 1 fully saturated rings. The normalized spacial score (nSPS) is 14.7. The Balaban J connectivity index is 1.32. The summed E-state index contributed by atoms with van der Waals surface area (Å²) in [7, 11) is 2.09. The van der Waals surface area contributed by atoms with Gasteiger partial charge in [0.05, 0.1) is 11.0 Å². The highest BCUT2D eigenvalue weighted by Gasteiger charge is 2.12. The van der Waals surface area contributed by atoms with Gasteiger partial charge >= 0.3 is 0 Å². The van der Waals surface area contributed by atoms with Crippen LogP contribution in [0.4, 0.5) is 11.6 Å². The van der Waals surface area contributed by atoms with E-state index in [9.17, 15) is 0 Å². The third-order valence-electron chi connectivity index (χ3n) is 5.10. The molecule has 4 rings (SSSR count). The van der Waals surface area contributed by atoms with Crippen molar-refractivity contribution in [2.45, 2.75) is 32.1 Å². The minimum absolute atomic E-state index is 0.875. The Morgan fingerprint density at radius 2 is 1.92 bits per heavy atom. The van der Waals surface area contributed by atoms with E-state index in [1.165, 1.54) is 24.8 Å². The van der Waals surface area contributed by atoms with Gasteiger partial charge in [-0.05, 0) is 37.8 Å². The number of imidazole rings is 1. The molecule has 26 heavy (non-hydrogen) atoms. The van der Waals surface area contributed by atoms with E-state index in [4.69, 9.17) is 4.98 Å². The van der Waals surface area contributed by atoms with Crippen LogP contribution in [0.25, 0.3) is 11.0 Å². The third-order valence-corrected chi connectivity index (χ3v) is 5.10. The van der Waals surface area contributed by atoms with E-state index in [1.54, 1.807) is 6.33 Å². The van der Waals surface area contributed by atoms with E-state index >= 15 is 0 Å². The van der Waals surface area contributed by atoms with Gasteiger partial charge < -0.3 is 14.8 Å². The lowest BCUT2D eigenvalue weighted by molar-refractivity contribution is 0.573. The first-order chi connectivity index (χ1) is 12.8. The van der Waals surface area contributed by atoms with E-state index in [2.05, 4.69) is 56.1 Å². The maximum atomic E-state index is 4.73. The van der Waals surface area contributed by atoms with E-state index in [1.807, 2.05) is 6.07 Å². The molecule has 0 radical (unpaired) electrons. The molecule has 0 amide bonds. The molecule has 1 aromatic carbocycles. The van der Waals surface area contributed by atoms with Gasteiger partial charge in [0.25, 0.3) is 0 Å². The molecule has 1 aliphatic heterocycles. The molecule has 0 saturated carbocycles. The van der Waals surface area contributed by atoms with Gasteiger partial charge in [0, 0.05) is 39.2 Å². The molecule has 0 aliphatic carbocycles. The van der Waals surface area contributed by atoms with E-state index in [0.717, 1.165) is 55.5 Å². The molecule has 0 spiro atoms. The summed E-state index contributed by atoms with van der Waals surface area (Å²) in [6.07, 6.45) is 7.46. The zero-order chi connectivity index (χ0) is 17.8. The first kappa shape index (κ1) is 16.8. The molecule has 1 saturated heterocycles. The van der Waals surface area contributed by atoms with Gasteiger partial charge in [-0.25, -0.2) is 15.0 Å². The van der Waals surface area contributed by atoms with Crippen LogP contribution in [0, 0.1) is 0 Å². The highest BCUT2D eigenvalue weighted by Crippen LogP contribution is 2.19. The molecule has 1 N–H and O–H groups in total. The molecular weight excluding hydrogens is 324 g/mol. The maximum Gasteiger partial charge on any atom is 0.134 e. The monoisotopic (exact) mass is 350 g/mol. The molecular formula is C20H26N6. The molecule has 0 atom stereocenters. The summed E-state index contributed by atoms with van der Waals surface area (Å²) in [6.45, 7) is 3.08. The lowest BCUT2D eigenvalue weighted by atomic mass is 10.1. The van der Waals surface area contributed by atoms with Crippen molar-refractivity contribution in [2.75, 3.05) is 29.9 Å². The van der Waals surface area contributed by atoms with Crippen LogP contribution in [-0.2, 0) is 13.5 Å². The number of piperidine rings is 1. The quantitative estimate of drug-likeness (QED) is 0.691. The first-order valence-electron chi connectivity index (χ1n) is 9.52. The van der Waals surface area contributed by atoms with Gasteiger partial charge in [-0.1, -0.05) is 12.1 Å². The van der Waals surface area contributed by atoms with Crippen LogP contribution >= 0.6 is 0 Å². The van der Waals surface area contributed by atoms with Crippen LogP contribution in [0.15, 0.2) is 36.7 Å². The minimum Gasteiger partial charge on any atom is -0.370 e. The summed E-state index contributed by atoms with van der Waals surface area (Å²) in [5, 5.41) is 3.43. The van der Waals surface area contributed by atoms with Gasteiger partial charge in [-0.2, -0.15) is 0 Å². The number of anilines is 2. The van der Waals surface area contributed by atoms with Crippen LogP contribution in [0.5, 0.6) is 0 Å². The van der Waals surface area contributed by atoms with Crippen LogP contribution in [0.1, 0.15) is 31.5 Å². The number of benzene rings is 1. The third kappa shape index (κ3) is 3.64. The second-order valence-electron chi connectivity index (χ2n) is 6.92. The Morgan fingerprint density at radius 3 is 2.77 bits per heavy atom. The Labute approximate surface area is 154 Å². The van der Waals surface area contributed by atoms with Crippen molar-refractivity contribution in [3.63, 3.8) is 0 Å². The van der Waals surface area contributed by atoms with E-state index in [-0.39, 0.29) is 0 Å². The molecule has 3 heterocycles. The van der Waals surface area contributed by atoms with Crippen LogP contribution < -0.4 is 10.2 Å². The molecule has 3 aromatic rings. The van der Waals surface area contributed by atoms with Crippen molar-refractivity contribution >= 4 is 22.7 Å². The minimum atomic E-state index is 0.875. The Bertz CT molecular complexity index is 866. The number of hydrogen-bond acceptors (Lipinski definition) is 5. The topological polar surface area (TPSA) is 58.9 Å². The molecule has 1 aliphatic rings. The number of nitrogens with one attached hydrogen (secondary N) is 1. The van der Waals surface area contributed by atoms with Gasteiger partial charge in [-0.3, -0.25) is 0 Å². The average Bonchev–Trinajstić information content (AvgIpc) is 3.02. The first-order valence-corrected chi connectivity index (χ1v) is 9.52. The van der Waals surface area contributed by atoms with Crippen molar-refractivity contribution in [2.24, 2.45) is 7.05 Å². The van der Waals surface area contributed by atoms with E-state index in [0.29, 0.717) is 0 Å². The Morgan fingerprint density at radius 1 is 1.08 bits per heavy atom. The van der Waals surface area contributed by atoms with Gasteiger partial charge in [-0.15, -0.1) is 0 Å². The van der Waals surface area contributed by atoms with Crippen LogP contribution in [0.2, 0.25) is 0 Å². The second-order valence-corrected chi connectivity index (χ2v) is 6.92. The zero-order valence-corrected chi connectivity index (χ0v) is 15.4. The summed E-state index contributed by atoms with van der Waals surface area (Å²) >= 11 is 0. The lowest BCUT2D eigenvalue weighted by Gasteiger charge is -2.27. The molecule has 0 bridgehead atoms. The van der Waals surface area contributed by atoms with Crippen molar-refractivity contribution in [3.05, 3.63) is 42.5 Å². The van der Waals surface area contributed by atoms with Gasteiger partial charge in [0.2, 0.25) is 0 Å². The highest BCUT2D eigenvalue weighted by atomic mass is 15.2. The Kier molecular flexibility index (Phi) is 5.00. The van der Waals surface area contributed by atoms with Crippen molar-refractivity contribution in [3.8, 4) is 0 Å². The molecule has 0 unspecified atom stereocenters. The number of rotatable bonds is 6. The Hall–Kier alpha value is -2.63. The van der Waals surface area contributed by atoms with Crippen molar-refractivity contribution < 1.29 is 0 Å². The fourth-order valence-corrected chi connectivity index (χ4v) is 3.62. The number of fused-ring (bicyclic) bond motifs is 1. The number of hydrogen-bond donors (Lipinski definition) is 1. The molecule has 6 nitrogen and oxygen atoms in total. The SMILES string of the molecule is Cn1c(CCCNc2cc(N3CCCCC3)ncn2)nc2ccccc21. The summed E-state index contributed by atoms with van der Waals surface area (Å²) in [5.74, 6) is 3.08. The molecule has 136 valence electrons. The fourth-order valence-electron chi connectivity index (χ4n) is 3.62. The molecule has 2 aromatic heterocycles. The van der Waals surface area contributed by atoms with Gasteiger partial charge in [0.1, 0.15) is 23.8 Å². The highest BCUT2D eigenvalue weighted by molar-refractivity contribution is 5.75. The molecule has 6 heteroatoms. The summed E-state index contributed by atoms with van der Waals surface area (Å²) in [5.41, 5.74) is 2.26. The fraction of sp³-hybridized carbons (Fsp3) is 0.450. The maximum absolute atomic E-state index is 4.73. The number of para-hydroxylation sites is 2. The van der Waals surface area contributed by atoms with Crippen molar-refractivity contribution in [1.29, 1.82) is 0 Å². The number of aryl methyl sites for hydroxylation is 2. The zero-order valence-electron chi connectivity index (χ0n) is 15.4. The van der Waals surface area contributed by atoms with E-state index < -0.39 is 0 Å². The predicted molar refractivity (Wildman–Crippen MR) is 106 cm³/mol. The largest absolute Gasteiger partial charge is 0.370 e. The number of nitrogens with zero attached hydrogens (tertiary/aromatic N) is 5. The van der Waals surface area contributed by atoms with Crippen molar-refractivity contribution in [1.82, 2.24) is 19.5 Å². The summed E-state index contributed by atoms with van der Waals surface area (Å²) < 4.78 is 2.19. The second kappa shape index (κ2) is 7.72.